The Hall–Kier alpha value is -0.450. The lowest BCUT2D eigenvalue weighted by Crippen LogP contribution is -2.45. The van der Waals surface area contributed by atoms with E-state index in [0.29, 0.717) is 0 Å². The van der Waals surface area contributed by atoms with Gasteiger partial charge in [0.2, 0.25) is 0 Å². The molecule has 1 unspecified atom stereocenters. The van der Waals surface area contributed by atoms with Crippen molar-refractivity contribution in [1.82, 2.24) is 10.3 Å². The molecule has 1 atom stereocenters. The van der Waals surface area contributed by atoms with Crippen LogP contribution in [0.1, 0.15) is 31.0 Å². The van der Waals surface area contributed by atoms with Crippen molar-refractivity contribution in [2.75, 3.05) is 6.54 Å². The molecule has 0 bridgehead atoms. The molecule has 0 saturated heterocycles. The third-order valence-corrected chi connectivity index (χ3v) is 3.25. The summed E-state index contributed by atoms with van der Waals surface area (Å²) in [7, 11) is 0. The average Bonchev–Trinajstić information content (AvgIpc) is 2.51. The summed E-state index contributed by atoms with van der Waals surface area (Å²) < 4.78 is 0. The molecular formula is C10H19N3S. The highest BCUT2D eigenvalue weighted by Gasteiger charge is 2.14. The molecule has 80 valence electrons. The SMILES string of the molecule is CCC(C)(N)CNCc1nc(C)cs1. The van der Waals surface area contributed by atoms with Gasteiger partial charge in [-0.2, -0.15) is 0 Å². The predicted octanol–water partition coefficient (Wildman–Crippen LogP) is 1.67. The first-order chi connectivity index (χ1) is 6.53. The molecule has 14 heavy (non-hydrogen) atoms. The molecule has 0 aliphatic heterocycles. The average molecular weight is 213 g/mol. The van der Waals surface area contributed by atoms with Crippen LogP contribution in [0.5, 0.6) is 0 Å². The zero-order valence-electron chi connectivity index (χ0n) is 9.13. The van der Waals surface area contributed by atoms with E-state index in [0.717, 1.165) is 30.2 Å². The Kier molecular flexibility index (Phi) is 4.04. The minimum absolute atomic E-state index is 0.105. The molecule has 0 aromatic carbocycles. The topological polar surface area (TPSA) is 50.9 Å². The van der Waals surface area contributed by atoms with E-state index < -0.39 is 0 Å². The molecular weight excluding hydrogens is 194 g/mol. The molecule has 0 aliphatic carbocycles. The molecule has 0 saturated carbocycles. The summed E-state index contributed by atoms with van der Waals surface area (Å²) >= 11 is 1.69. The number of hydrogen-bond donors (Lipinski definition) is 2. The molecule has 0 fully saturated rings. The fourth-order valence-electron chi connectivity index (χ4n) is 1.06. The van der Waals surface area contributed by atoms with Crippen LogP contribution in [0.25, 0.3) is 0 Å². The van der Waals surface area contributed by atoms with Gasteiger partial charge in [-0.1, -0.05) is 6.92 Å². The summed E-state index contributed by atoms with van der Waals surface area (Å²) in [5.41, 5.74) is 7.00. The Morgan fingerprint density at radius 2 is 2.36 bits per heavy atom. The Balaban J connectivity index is 2.28. The Labute approximate surface area is 89.7 Å². The van der Waals surface area contributed by atoms with Crippen molar-refractivity contribution in [3.8, 4) is 0 Å². The van der Waals surface area contributed by atoms with Gasteiger partial charge in [0.1, 0.15) is 5.01 Å². The van der Waals surface area contributed by atoms with Crippen LogP contribution in [0.2, 0.25) is 0 Å². The maximum absolute atomic E-state index is 6.01. The zero-order valence-corrected chi connectivity index (χ0v) is 9.95. The fraction of sp³-hybridized carbons (Fsp3) is 0.700. The normalized spacial score (nSPS) is 15.4. The lowest BCUT2D eigenvalue weighted by Gasteiger charge is -2.22. The number of nitrogens with zero attached hydrogens (tertiary/aromatic N) is 1. The van der Waals surface area contributed by atoms with Gasteiger partial charge < -0.3 is 11.1 Å². The van der Waals surface area contributed by atoms with Crippen molar-refractivity contribution < 1.29 is 0 Å². The highest BCUT2D eigenvalue weighted by molar-refractivity contribution is 7.09. The van der Waals surface area contributed by atoms with Crippen molar-refractivity contribution in [3.05, 3.63) is 16.1 Å². The second-order valence-corrected chi connectivity index (χ2v) is 4.94. The number of rotatable bonds is 5. The third-order valence-electron chi connectivity index (χ3n) is 2.28. The summed E-state index contributed by atoms with van der Waals surface area (Å²) in [5, 5.41) is 6.53. The van der Waals surface area contributed by atoms with Gasteiger partial charge in [-0.05, 0) is 20.3 Å². The lowest BCUT2D eigenvalue weighted by atomic mass is 10.0. The van der Waals surface area contributed by atoms with Crippen LogP contribution >= 0.6 is 11.3 Å². The smallest absolute Gasteiger partial charge is 0.107 e. The molecule has 1 aromatic heterocycles. The van der Waals surface area contributed by atoms with Gasteiger partial charge in [0.25, 0.3) is 0 Å². The van der Waals surface area contributed by atoms with Crippen LogP contribution in [0, 0.1) is 6.92 Å². The van der Waals surface area contributed by atoms with Crippen molar-refractivity contribution >= 4 is 11.3 Å². The van der Waals surface area contributed by atoms with E-state index in [1.807, 2.05) is 6.92 Å². The predicted molar refractivity (Wildman–Crippen MR) is 61.4 cm³/mol. The number of hydrogen-bond acceptors (Lipinski definition) is 4. The van der Waals surface area contributed by atoms with Crippen molar-refractivity contribution in [2.24, 2.45) is 5.73 Å². The molecule has 3 nitrogen and oxygen atoms in total. The van der Waals surface area contributed by atoms with Gasteiger partial charge in [0.05, 0.1) is 0 Å². The van der Waals surface area contributed by atoms with Crippen LogP contribution in [0.4, 0.5) is 0 Å². The quantitative estimate of drug-likeness (QED) is 0.782. The minimum atomic E-state index is -0.105. The summed E-state index contributed by atoms with van der Waals surface area (Å²) in [4.78, 5) is 4.37. The van der Waals surface area contributed by atoms with Gasteiger partial charge in [0.15, 0.2) is 0 Å². The molecule has 0 aliphatic rings. The summed E-state index contributed by atoms with van der Waals surface area (Å²) in [6.07, 6.45) is 0.983. The highest BCUT2D eigenvalue weighted by atomic mass is 32.1. The molecule has 0 amide bonds. The summed E-state index contributed by atoms with van der Waals surface area (Å²) in [5.74, 6) is 0. The van der Waals surface area contributed by atoms with Gasteiger partial charge in [-0.3, -0.25) is 0 Å². The molecule has 0 spiro atoms. The maximum Gasteiger partial charge on any atom is 0.107 e. The Bertz CT molecular complexity index is 281. The number of thiazole rings is 1. The first kappa shape index (κ1) is 11.6. The molecule has 1 rings (SSSR count). The van der Waals surface area contributed by atoms with E-state index in [9.17, 15) is 0 Å². The van der Waals surface area contributed by atoms with Crippen LogP contribution in [-0.2, 0) is 6.54 Å². The fourth-order valence-corrected chi connectivity index (χ4v) is 1.81. The van der Waals surface area contributed by atoms with Crippen LogP contribution < -0.4 is 11.1 Å². The first-order valence-corrected chi connectivity index (χ1v) is 5.82. The zero-order chi connectivity index (χ0) is 10.6. The van der Waals surface area contributed by atoms with Crippen molar-refractivity contribution in [2.45, 2.75) is 39.3 Å². The van der Waals surface area contributed by atoms with Crippen LogP contribution in [-0.4, -0.2) is 17.1 Å². The Morgan fingerprint density at radius 3 is 2.86 bits per heavy atom. The first-order valence-electron chi connectivity index (χ1n) is 4.94. The van der Waals surface area contributed by atoms with E-state index in [1.54, 1.807) is 11.3 Å². The van der Waals surface area contributed by atoms with Crippen molar-refractivity contribution in [1.29, 1.82) is 0 Å². The number of nitrogens with one attached hydrogen (secondary N) is 1. The largest absolute Gasteiger partial charge is 0.324 e. The highest BCUT2D eigenvalue weighted by Crippen LogP contribution is 2.08. The van der Waals surface area contributed by atoms with E-state index >= 15 is 0 Å². The summed E-state index contributed by atoms with van der Waals surface area (Å²) in [6.45, 7) is 7.84. The number of aromatic nitrogens is 1. The van der Waals surface area contributed by atoms with E-state index in [4.69, 9.17) is 5.73 Å². The van der Waals surface area contributed by atoms with E-state index in [-0.39, 0.29) is 5.54 Å². The number of nitrogens with two attached hydrogens (primary N) is 1. The standard InChI is InChI=1S/C10H19N3S/c1-4-10(3,11)7-12-5-9-13-8(2)6-14-9/h6,12H,4-5,7,11H2,1-3H3. The van der Waals surface area contributed by atoms with Gasteiger partial charge in [0, 0.05) is 29.7 Å². The second-order valence-electron chi connectivity index (χ2n) is 3.99. The lowest BCUT2D eigenvalue weighted by molar-refractivity contribution is 0.416. The molecule has 1 heterocycles. The Morgan fingerprint density at radius 1 is 1.64 bits per heavy atom. The van der Waals surface area contributed by atoms with E-state index in [2.05, 4.69) is 29.5 Å². The van der Waals surface area contributed by atoms with Gasteiger partial charge >= 0.3 is 0 Å². The molecule has 3 N–H and O–H groups in total. The van der Waals surface area contributed by atoms with Crippen LogP contribution in [0.15, 0.2) is 5.38 Å². The molecule has 4 heteroatoms. The van der Waals surface area contributed by atoms with Crippen molar-refractivity contribution in [3.63, 3.8) is 0 Å². The maximum atomic E-state index is 6.01. The second kappa shape index (κ2) is 4.87. The molecule has 0 radical (unpaired) electrons. The minimum Gasteiger partial charge on any atom is -0.324 e. The van der Waals surface area contributed by atoms with E-state index in [1.165, 1.54) is 0 Å². The molecule has 1 aromatic rings. The third kappa shape index (κ3) is 3.74. The van der Waals surface area contributed by atoms with Gasteiger partial charge in [-0.25, -0.2) is 4.98 Å². The van der Waals surface area contributed by atoms with Crippen LogP contribution in [0.3, 0.4) is 0 Å². The monoisotopic (exact) mass is 213 g/mol. The van der Waals surface area contributed by atoms with Gasteiger partial charge in [-0.15, -0.1) is 11.3 Å². The number of aryl methyl sites for hydroxylation is 1. The summed E-state index contributed by atoms with van der Waals surface area (Å²) in [6, 6.07) is 0.